The topological polar surface area (TPSA) is 18.5 Å². The number of benzene rings is 1. The van der Waals surface area contributed by atoms with Gasteiger partial charge in [0.15, 0.2) is 0 Å². The van der Waals surface area contributed by atoms with E-state index in [9.17, 15) is 8.78 Å². The SMILES string of the molecule is CCCCOC[C@@H](c1ccc(OC(C)(C)C)cc1)C(F)F. The van der Waals surface area contributed by atoms with Gasteiger partial charge in [0.1, 0.15) is 11.4 Å². The second-order valence-corrected chi connectivity index (χ2v) is 6.15. The molecule has 0 saturated carbocycles. The summed E-state index contributed by atoms with van der Waals surface area (Å²) in [6.07, 6.45) is -0.534. The van der Waals surface area contributed by atoms with Crippen molar-refractivity contribution >= 4 is 0 Å². The minimum Gasteiger partial charge on any atom is -0.488 e. The Morgan fingerprint density at radius 2 is 1.71 bits per heavy atom. The smallest absolute Gasteiger partial charge is 0.247 e. The molecule has 0 unspecified atom stereocenters. The third-order valence-corrected chi connectivity index (χ3v) is 2.98. The predicted molar refractivity (Wildman–Crippen MR) is 81.3 cm³/mol. The first-order valence-electron chi connectivity index (χ1n) is 7.48. The number of rotatable bonds is 8. The maximum absolute atomic E-state index is 13.2. The molecule has 0 aromatic heterocycles. The van der Waals surface area contributed by atoms with Gasteiger partial charge >= 0.3 is 0 Å². The van der Waals surface area contributed by atoms with Crippen molar-refractivity contribution in [1.29, 1.82) is 0 Å². The van der Waals surface area contributed by atoms with Crippen LogP contribution in [0.1, 0.15) is 52.0 Å². The highest BCUT2D eigenvalue weighted by molar-refractivity contribution is 5.30. The third-order valence-electron chi connectivity index (χ3n) is 2.98. The lowest BCUT2D eigenvalue weighted by molar-refractivity contribution is 0.0425. The summed E-state index contributed by atoms with van der Waals surface area (Å²) in [6, 6.07) is 6.87. The van der Waals surface area contributed by atoms with E-state index in [-0.39, 0.29) is 12.2 Å². The van der Waals surface area contributed by atoms with E-state index >= 15 is 0 Å². The van der Waals surface area contributed by atoms with E-state index in [1.54, 1.807) is 24.3 Å². The van der Waals surface area contributed by atoms with Crippen molar-refractivity contribution in [3.8, 4) is 5.75 Å². The number of ether oxygens (including phenoxy) is 2. The Labute approximate surface area is 126 Å². The highest BCUT2D eigenvalue weighted by Crippen LogP contribution is 2.27. The molecular weight excluding hydrogens is 274 g/mol. The summed E-state index contributed by atoms with van der Waals surface area (Å²) < 4.78 is 37.4. The average Bonchev–Trinajstić information content (AvgIpc) is 2.38. The Kier molecular flexibility index (Phi) is 7.09. The summed E-state index contributed by atoms with van der Waals surface area (Å²) in [7, 11) is 0. The first-order valence-corrected chi connectivity index (χ1v) is 7.48. The van der Waals surface area contributed by atoms with Crippen LogP contribution in [0.4, 0.5) is 8.78 Å². The standard InChI is InChI=1S/C17H26F2O2/c1-5-6-11-20-12-15(16(18)19)13-7-9-14(10-8-13)21-17(2,3)4/h7-10,15-16H,5-6,11-12H2,1-4H3/t15-/m0/s1. The summed E-state index contributed by atoms with van der Waals surface area (Å²) in [5.74, 6) is -0.197. The molecule has 0 fully saturated rings. The molecule has 0 bridgehead atoms. The van der Waals surface area contributed by atoms with E-state index in [1.807, 2.05) is 27.7 Å². The van der Waals surface area contributed by atoms with Gasteiger partial charge < -0.3 is 9.47 Å². The fourth-order valence-corrected chi connectivity index (χ4v) is 1.91. The van der Waals surface area contributed by atoms with Crippen LogP contribution in [0.2, 0.25) is 0 Å². The zero-order valence-electron chi connectivity index (χ0n) is 13.4. The van der Waals surface area contributed by atoms with Crippen molar-refractivity contribution in [3.05, 3.63) is 29.8 Å². The molecule has 1 rings (SSSR count). The maximum Gasteiger partial charge on any atom is 0.247 e. The maximum atomic E-state index is 13.2. The van der Waals surface area contributed by atoms with Gasteiger partial charge in [-0.1, -0.05) is 25.5 Å². The van der Waals surface area contributed by atoms with E-state index in [0.717, 1.165) is 12.8 Å². The molecule has 0 aliphatic carbocycles. The van der Waals surface area contributed by atoms with Gasteiger partial charge in [-0.25, -0.2) is 8.78 Å². The minimum absolute atomic E-state index is 0.0527. The van der Waals surface area contributed by atoms with Crippen LogP contribution in [0, 0.1) is 0 Å². The Hall–Kier alpha value is -1.16. The van der Waals surface area contributed by atoms with Crippen molar-refractivity contribution in [3.63, 3.8) is 0 Å². The van der Waals surface area contributed by atoms with Gasteiger partial charge in [0.2, 0.25) is 6.43 Å². The molecule has 0 radical (unpaired) electrons. The number of halogens is 2. The molecule has 1 atom stereocenters. The molecule has 0 aliphatic rings. The molecule has 0 saturated heterocycles. The van der Waals surface area contributed by atoms with Crippen LogP contribution < -0.4 is 4.74 Å². The van der Waals surface area contributed by atoms with Gasteiger partial charge in [-0.05, 0) is 44.9 Å². The third kappa shape index (κ3) is 6.89. The summed E-state index contributed by atoms with van der Waals surface area (Å²) >= 11 is 0. The van der Waals surface area contributed by atoms with E-state index in [4.69, 9.17) is 9.47 Å². The molecule has 0 heterocycles. The van der Waals surface area contributed by atoms with Gasteiger partial charge in [0, 0.05) is 6.61 Å². The van der Waals surface area contributed by atoms with E-state index in [0.29, 0.717) is 17.9 Å². The lowest BCUT2D eigenvalue weighted by Crippen LogP contribution is -2.23. The van der Waals surface area contributed by atoms with Gasteiger partial charge in [0.25, 0.3) is 0 Å². The van der Waals surface area contributed by atoms with Crippen molar-refractivity contribution < 1.29 is 18.3 Å². The zero-order chi connectivity index (χ0) is 15.9. The van der Waals surface area contributed by atoms with E-state index < -0.39 is 12.3 Å². The summed E-state index contributed by atoms with van der Waals surface area (Å²) in [5.41, 5.74) is 0.287. The molecule has 120 valence electrons. The lowest BCUT2D eigenvalue weighted by atomic mass is 10.0. The second kappa shape index (κ2) is 8.32. The molecule has 0 N–H and O–H groups in total. The van der Waals surface area contributed by atoms with Crippen LogP contribution in [-0.4, -0.2) is 25.2 Å². The highest BCUT2D eigenvalue weighted by Gasteiger charge is 2.23. The molecular formula is C17H26F2O2. The molecule has 4 heteroatoms. The molecule has 21 heavy (non-hydrogen) atoms. The molecule has 0 amide bonds. The Bertz CT molecular complexity index is 396. The van der Waals surface area contributed by atoms with Crippen molar-refractivity contribution in [2.45, 2.75) is 58.5 Å². The lowest BCUT2D eigenvalue weighted by Gasteiger charge is -2.22. The normalized spacial score (nSPS) is 13.5. The van der Waals surface area contributed by atoms with Crippen LogP contribution in [0.3, 0.4) is 0 Å². The first kappa shape index (κ1) is 17.9. The summed E-state index contributed by atoms with van der Waals surface area (Å²) in [5, 5.41) is 0. The fourth-order valence-electron chi connectivity index (χ4n) is 1.91. The number of alkyl halides is 2. The average molecular weight is 300 g/mol. The van der Waals surface area contributed by atoms with Gasteiger partial charge in [-0.2, -0.15) is 0 Å². The fraction of sp³-hybridized carbons (Fsp3) is 0.647. The van der Waals surface area contributed by atoms with Crippen LogP contribution in [0.15, 0.2) is 24.3 Å². The van der Waals surface area contributed by atoms with Crippen LogP contribution >= 0.6 is 0 Å². The van der Waals surface area contributed by atoms with Gasteiger partial charge in [-0.15, -0.1) is 0 Å². The van der Waals surface area contributed by atoms with Crippen molar-refractivity contribution in [1.82, 2.24) is 0 Å². The van der Waals surface area contributed by atoms with Crippen molar-refractivity contribution in [2.24, 2.45) is 0 Å². The second-order valence-electron chi connectivity index (χ2n) is 6.15. The van der Waals surface area contributed by atoms with Crippen LogP contribution in [0.5, 0.6) is 5.75 Å². The number of unbranched alkanes of at least 4 members (excludes halogenated alkanes) is 1. The molecule has 0 spiro atoms. The quantitative estimate of drug-likeness (QED) is 0.627. The molecule has 2 nitrogen and oxygen atoms in total. The summed E-state index contributed by atoms with van der Waals surface area (Å²) in [6.45, 7) is 8.48. The number of hydrogen-bond donors (Lipinski definition) is 0. The Morgan fingerprint density at radius 1 is 1.10 bits per heavy atom. The first-order chi connectivity index (χ1) is 9.83. The minimum atomic E-state index is -2.43. The number of hydrogen-bond acceptors (Lipinski definition) is 2. The predicted octanol–water partition coefficient (Wildman–Crippen LogP) is 5.03. The largest absolute Gasteiger partial charge is 0.488 e. The molecule has 0 aliphatic heterocycles. The summed E-state index contributed by atoms with van der Waals surface area (Å²) in [4.78, 5) is 0. The van der Waals surface area contributed by atoms with Gasteiger partial charge in [0.05, 0.1) is 12.5 Å². The Morgan fingerprint density at radius 3 is 2.19 bits per heavy atom. The highest BCUT2D eigenvalue weighted by atomic mass is 19.3. The van der Waals surface area contributed by atoms with Crippen molar-refractivity contribution in [2.75, 3.05) is 13.2 Å². The zero-order valence-corrected chi connectivity index (χ0v) is 13.4. The molecule has 1 aromatic carbocycles. The van der Waals surface area contributed by atoms with Crippen LogP contribution in [0.25, 0.3) is 0 Å². The monoisotopic (exact) mass is 300 g/mol. The van der Waals surface area contributed by atoms with Crippen LogP contribution in [-0.2, 0) is 4.74 Å². The molecule has 1 aromatic rings. The Balaban J connectivity index is 2.66. The van der Waals surface area contributed by atoms with E-state index in [2.05, 4.69) is 0 Å². The van der Waals surface area contributed by atoms with Gasteiger partial charge in [-0.3, -0.25) is 0 Å². The van der Waals surface area contributed by atoms with E-state index in [1.165, 1.54) is 0 Å².